The van der Waals surface area contributed by atoms with Crippen molar-refractivity contribution in [1.29, 1.82) is 0 Å². The zero-order chi connectivity index (χ0) is 20.1. The maximum Gasteiger partial charge on any atom is 0.245 e. The Bertz CT molecular complexity index is 900. The van der Waals surface area contributed by atoms with Crippen molar-refractivity contribution in [3.8, 4) is 5.75 Å². The molecular weight excluding hydrogens is 401 g/mol. The van der Waals surface area contributed by atoms with Crippen LogP contribution in [0.5, 0.6) is 5.75 Å². The van der Waals surface area contributed by atoms with Crippen molar-refractivity contribution in [2.75, 3.05) is 18.1 Å². The molecule has 1 aliphatic rings. The van der Waals surface area contributed by atoms with Gasteiger partial charge in [-0.15, -0.1) is 0 Å². The van der Waals surface area contributed by atoms with E-state index in [0.29, 0.717) is 28.8 Å². The average molecular weight is 420 g/mol. The van der Waals surface area contributed by atoms with Gasteiger partial charge in [-0.2, -0.15) is 5.10 Å². The summed E-state index contributed by atoms with van der Waals surface area (Å²) in [6.07, 6.45) is 1.61. The highest BCUT2D eigenvalue weighted by molar-refractivity contribution is 6.42. The van der Waals surface area contributed by atoms with Gasteiger partial charge >= 0.3 is 0 Å². The second-order valence-corrected chi connectivity index (χ2v) is 7.05. The minimum atomic E-state index is -0.468. The van der Waals surface area contributed by atoms with Gasteiger partial charge in [0.05, 0.1) is 28.8 Å². The van der Waals surface area contributed by atoms with Crippen molar-refractivity contribution in [2.24, 2.45) is 11.0 Å². The molecule has 1 fully saturated rings. The number of carbonyl (C=O) groups excluding carboxylic acids is 2. The summed E-state index contributed by atoms with van der Waals surface area (Å²) >= 11 is 11.8. The molecule has 0 saturated carbocycles. The molecule has 1 atom stereocenters. The quantitative estimate of drug-likeness (QED) is 0.569. The van der Waals surface area contributed by atoms with Gasteiger partial charge in [-0.3, -0.25) is 9.59 Å². The van der Waals surface area contributed by atoms with E-state index in [1.807, 2.05) is 19.1 Å². The predicted molar refractivity (Wildman–Crippen MR) is 110 cm³/mol. The van der Waals surface area contributed by atoms with Crippen molar-refractivity contribution in [3.63, 3.8) is 0 Å². The molecule has 1 saturated heterocycles. The molecule has 0 bridgehead atoms. The van der Waals surface area contributed by atoms with Gasteiger partial charge in [-0.05, 0) is 48.9 Å². The van der Waals surface area contributed by atoms with Crippen LogP contribution >= 0.6 is 23.2 Å². The molecule has 146 valence electrons. The molecule has 3 rings (SSSR count). The summed E-state index contributed by atoms with van der Waals surface area (Å²) in [5.74, 6) is -0.135. The Hall–Kier alpha value is -2.57. The van der Waals surface area contributed by atoms with E-state index >= 15 is 0 Å². The topological polar surface area (TPSA) is 71.0 Å². The van der Waals surface area contributed by atoms with Crippen molar-refractivity contribution in [1.82, 2.24) is 5.43 Å². The van der Waals surface area contributed by atoms with Crippen LogP contribution in [0.1, 0.15) is 18.9 Å². The lowest BCUT2D eigenvalue weighted by Gasteiger charge is -2.17. The summed E-state index contributed by atoms with van der Waals surface area (Å²) in [6, 6.07) is 12.3. The fourth-order valence-electron chi connectivity index (χ4n) is 2.88. The highest BCUT2D eigenvalue weighted by atomic mass is 35.5. The summed E-state index contributed by atoms with van der Waals surface area (Å²) < 4.78 is 5.41. The summed E-state index contributed by atoms with van der Waals surface area (Å²) in [7, 11) is 0. The first-order chi connectivity index (χ1) is 13.5. The molecular formula is C20H19Cl2N3O3. The molecule has 0 aromatic heterocycles. The van der Waals surface area contributed by atoms with Crippen LogP contribution in [-0.2, 0) is 9.59 Å². The summed E-state index contributed by atoms with van der Waals surface area (Å²) in [5, 5.41) is 4.79. The normalized spacial score (nSPS) is 16.6. The SMILES string of the molecule is CCOc1ccc(N2C[C@@H](C(=O)N/N=C\c3ccc(Cl)c(Cl)c3)CC2=O)cc1. The van der Waals surface area contributed by atoms with Gasteiger partial charge in [-0.25, -0.2) is 5.43 Å². The van der Waals surface area contributed by atoms with Gasteiger partial charge in [0.15, 0.2) is 0 Å². The highest BCUT2D eigenvalue weighted by Gasteiger charge is 2.35. The second kappa shape index (κ2) is 9.08. The summed E-state index contributed by atoms with van der Waals surface area (Å²) in [6.45, 7) is 2.79. The van der Waals surface area contributed by atoms with Gasteiger partial charge in [-0.1, -0.05) is 29.3 Å². The molecule has 8 heteroatoms. The van der Waals surface area contributed by atoms with Crippen LogP contribution in [0.2, 0.25) is 10.0 Å². The fourth-order valence-corrected chi connectivity index (χ4v) is 3.18. The molecule has 0 unspecified atom stereocenters. The van der Waals surface area contributed by atoms with Crippen molar-refractivity contribution < 1.29 is 14.3 Å². The molecule has 6 nitrogen and oxygen atoms in total. The summed E-state index contributed by atoms with van der Waals surface area (Å²) in [5.41, 5.74) is 3.92. The van der Waals surface area contributed by atoms with Crippen LogP contribution in [0, 0.1) is 5.92 Å². The third-order valence-electron chi connectivity index (χ3n) is 4.29. The maximum atomic E-state index is 12.3. The number of amides is 2. The molecule has 2 aromatic carbocycles. The molecule has 0 aliphatic carbocycles. The minimum Gasteiger partial charge on any atom is -0.494 e. The Kier molecular flexibility index (Phi) is 6.54. The van der Waals surface area contributed by atoms with Gasteiger partial charge < -0.3 is 9.64 Å². The number of hydrogen-bond acceptors (Lipinski definition) is 4. The van der Waals surface area contributed by atoms with E-state index in [0.717, 1.165) is 11.4 Å². The minimum absolute atomic E-state index is 0.0993. The average Bonchev–Trinajstić information content (AvgIpc) is 3.07. The third kappa shape index (κ3) is 4.82. The van der Waals surface area contributed by atoms with E-state index in [9.17, 15) is 9.59 Å². The molecule has 1 aliphatic heterocycles. The predicted octanol–water partition coefficient (Wildman–Crippen LogP) is 3.90. The number of halogens is 2. The third-order valence-corrected chi connectivity index (χ3v) is 5.03. The van der Waals surface area contributed by atoms with E-state index in [4.69, 9.17) is 27.9 Å². The number of carbonyl (C=O) groups is 2. The van der Waals surface area contributed by atoms with E-state index in [1.54, 1.807) is 35.2 Å². The molecule has 1 N–H and O–H groups in total. The van der Waals surface area contributed by atoms with Crippen LogP contribution in [-0.4, -0.2) is 31.2 Å². The van der Waals surface area contributed by atoms with Crippen molar-refractivity contribution in [3.05, 3.63) is 58.1 Å². The summed E-state index contributed by atoms with van der Waals surface area (Å²) in [4.78, 5) is 26.3. The van der Waals surface area contributed by atoms with Gasteiger partial charge in [0.1, 0.15) is 5.75 Å². The Morgan fingerprint density at radius 2 is 2.00 bits per heavy atom. The standard InChI is InChI=1S/C20H19Cl2N3O3/c1-2-28-16-6-4-15(5-7-16)25-12-14(10-19(25)26)20(27)24-23-11-13-3-8-17(21)18(22)9-13/h3-9,11,14H,2,10,12H2,1H3,(H,24,27)/b23-11-/t14-/m0/s1. The molecule has 2 amide bonds. The number of benzene rings is 2. The number of nitrogens with zero attached hydrogens (tertiary/aromatic N) is 2. The molecule has 2 aromatic rings. The van der Waals surface area contributed by atoms with Crippen molar-refractivity contribution in [2.45, 2.75) is 13.3 Å². The zero-order valence-electron chi connectivity index (χ0n) is 15.2. The fraction of sp³-hybridized carbons (Fsp3) is 0.250. The van der Waals surface area contributed by atoms with Crippen LogP contribution in [0.3, 0.4) is 0 Å². The van der Waals surface area contributed by atoms with Gasteiger partial charge in [0.2, 0.25) is 11.8 Å². The molecule has 1 heterocycles. The van der Waals surface area contributed by atoms with Crippen LogP contribution in [0.25, 0.3) is 0 Å². The van der Waals surface area contributed by atoms with Gasteiger partial charge in [0.25, 0.3) is 0 Å². The van der Waals surface area contributed by atoms with Crippen LogP contribution in [0.4, 0.5) is 5.69 Å². The van der Waals surface area contributed by atoms with Crippen LogP contribution in [0.15, 0.2) is 47.6 Å². The highest BCUT2D eigenvalue weighted by Crippen LogP contribution is 2.27. The lowest BCUT2D eigenvalue weighted by molar-refractivity contribution is -0.126. The van der Waals surface area contributed by atoms with E-state index < -0.39 is 5.92 Å². The second-order valence-electron chi connectivity index (χ2n) is 6.24. The van der Waals surface area contributed by atoms with Crippen molar-refractivity contribution >= 4 is 46.9 Å². The lowest BCUT2D eigenvalue weighted by Crippen LogP contribution is -2.30. The van der Waals surface area contributed by atoms with E-state index in [-0.39, 0.29) is 18.2 Å². The Labute approximate surface area is 173 Å². The largest absolute Gasteiger partial charge is 0.494 e. The first kappa shape index (κ1) is 20.2. The Morgan fingerprint density at radius 3 is 2.68 bits per heavy atom. The number of rotatable bonds is 6. The zero-order valence-corrected chi connectivity index (χ0v) is 16.7. The molecule has 28 heavy (non-hydrogen) atoms. The first-order valence-corrected chi connectivity index (χ1v) is 9.54. The first-order valence-electron chi connectivity index (χ1n) is 8.79. The van der Waals surface area contributed by atoms with E-state index in [2.05, 4.69) is 10.5 Å². The lowest BCUT2D eigenvalue weighted by atomic mass is 10.1. The number of nitrogens with one attached hydrogen (secondary N) is 1. The van der Waals surface area contributed by atoms with Gasteiger partial charge in [0, 0.05) is 18.7 Å². The number of hydrogen-bond donors (Lipinski definition) is 1. The Morgan fingerprint density at radius 1 is 1.25 bits per heavy atom. The van der Waals surface area contributed by atoms with Crippen LogP contribution < -0.4 is 15.1 Å². The Balaban J connectivity index is 1.58. The number of ether oxygens (including phenoxy) is 1. The van der Waals surface area contributed by atoms with E-state index in [1.165, 1.54) is 6.21 Å². The number of hydrazone groups is 1. The smallest absolute Gasteiger partial charge is 0.245 e. The molecule has 0 spiro atoms. The number of anilines is 1. The monoisotopic (exact) mass is 419 g/mol. The molecule has 0 radical (unpaired) electrons. The maximum absolute atomic E-state index is 12.3.